The van der Waals surface area contributed by atoms with E-state index >= 15 is 0 Å². The highest BCUT2D eigenvalue weighted by atomic mass is 16.3. The van der Waals surface area contributed by atoms with Gasteiger partial charge in [0, 0.05) is 0 Å². The number of hydrogen-bond acceptors (Lipinski definition) is 1. The molecule has 1 aromatic carbocycles. The lowest BCUT2D eigenvalue weighted by molar-refractivity contribution is 0.157. The summed E-state index contributed by atoms with van der Waals surface area (Å²) in [7, 11) is 0. The number of benzene rings is 1. The molecule has 0 bridgehead atoms. The van der Waals surface area contributed by atoms with Crippen molar-refractivity contribution in [1.82, 2.24) is 0 Å². The average molecular weight is 232 g/mol. The fourth-order valence-corrected chi connectivity index (χ4v) is 2.83. The zero-order valence-corrected chi connectivity index (χ0v) is 11.1. The largest absolute Gasteiger partial charge is 0.388 e. The highest BCUT2D eigenvalue weighted by Gasteiger charge is 2.17. The molecule has 1 fully saturated rings. The van der Waals surface area contributed by atoms with Crippen molar-refractivity contribution in [1.29, 1.82) is 0 Å². The Morgan fingerprint density at radius 1 is 1.18 bits per heavy atom. The van der Waals surface area contributed by atoms with Crippen LogP contribution in [-0.4, -0.2) is 5.11 Å². The molecule has 2 rings (SSSR count). The number of aliphatic hydroxyl groups excluding tert-OH is 1. The quantitative estimate of drug-likeness (QED) is 0.820. The van der Waals surface area contributed by atoms with E-state index in [1.165, 1.54) is 43.2 Å². The molecule has 1 aliphatic carbocycles. The van der Waals surface area contributed by atoms with Crippen LogP contribution in [0.3, 0.4) is 0 Å². The monoisotopic (exact) mass is 232 g/mol. The summed E-state index contributed by atoms with van der Waals surface area (Å²) in [5.74, 6) is 0.871. The summed E-state index contributed by atoms with van der Waals surface area (Å²) in [5, 5.41) is 10.2. The van der Waals surface area contributed by atoms with Gasteiger partial charge in [-0.15, -0.1) is 0 Å². The van der Waals surface area contributed by atoms with Gasteiger partial charge in [0.1, 0.15) is 0 Å². The van der Waals surface area contributed by atoms with Crippen molar-refractivity contribution in [2.75, 3.05) is 0 Å². The molecule has 1 saturated carbocycles. The molecule has 1 atom stereocenters. The lowest BCUT2D eigenvalue weighted by atomic mass is 9.95. The Hall–Kier alpha value is -0.820. The molecular formula is C16H24O. The van der Waals surface area contributed by atoms with E-state index in [2.05, 4.69) is 32.0 Å². The molecule has 0 radical (unpaired) electrons. The van der Waals surface area contributed by atoms with Crippen molar-refractivity contribution in [3.8, 4) is 0 Å². The Kier molecular flexibility index (Phi) is 4.22. The Morgan fingerprint density at radius 2 is 1.88 bits per heavy atom. The Morgan fingerprint density at radius 3 is 2.53 bits per heavy atom. The van der Waals surface area contributed by atoms with Crippen LogP contribution in [0.1, 0.15) is 61.3 Å². The summed E-state index contributed by atoms with van der Waals surface area (Å²) in [6, 6.07) is 6.32. The summed E-state index contributed by atoms with van der Waals surface area (Å²) in [4.78, 5) is 0. The summed E-state index contributed by atoms with van der Waals surface area (Å²) in [6.07, 6.45) is 7.38. The highest BCUT2D eigenvalue weighted by Crippen LogP contribution is 2.31. The normalized spacial score (nSPS) is 18.5. The standard InChI is InChI=1S/C16H24O/c1-12-7-9-15(11-13(12)2)16(17)10-8-14-5-3-4-6-14/h7,9,11,14,16-17H,3-6,8,10H2,1-2H3. The molecule has 0 aliphatic heterocycles. The molecular weight excluding hydrogens is 208 g/mol. The van der Waals surface area contributed by atoms with Crippen LogP contribution in [-0.2, 0) is 0 Å². The molecule has 1 nitrogen and oxygen atoms in total. The molecule has 17 heavy (non-hydrogen) atoms. The van der Waals surface area contributed by atoms with Gasteiger partial charge in [-0.05, 0) is 49.3 Å². The van der Waals surface area contributed by atoms with E-state index in [0.717, 1.165) is 17.9 Å². The van der Waals surface area contributed by atoms with Gasteiger partial charge in [0.2, 0.25) is 0 Å². The van der Waals surface area contributed by atoms with Crippen LogP contribution in [0.2, 0.25) is 0 Å². The van der Waals surface area contributed by atoms with Crippen molar-refractivity contribution in [3.05, 3.63) is 34.9 Å². The van der Waals surface area contributed by atoms with Crippen LogP contribution >= 0.6 is 0 Å². The second-order valence-corrected chi connectivity index (χ2v) is 5.59. The second-order valence-electron chi connectivity index (χ2n) is 5.59. The summed E-state index contributed by atoms with van der Waals surface area (Å²) >= 11 is 0. The third kappa shape index (κ3) is 3.32. The number of aliphatic hydroxyl groups is 1. The fraction of sp³-hybridized carbons (Fsp3) is 0.625. The zero-order valence-electron chi connectivity index (χ0n) is 11.1. The van der Waals surface area contributed by atoms with Gasteiger partial charge in [0.05, 0.1) is 6.10 Å². The van der Waals surface area contributed by atoms with Gasteiger partial charge in [-0.3, -0.25) is 0 Å². The van der Waals surface area contributed by atoms with Crippen LogP contribution in [0.15, 0.2) is 18.2 Å². The molecule has 1 heteroatoms. The number of hydrogen-bond donors (Lipinski definition) is 1. The Balaban J connectivity index is 1.89. The molecule has 0 aromatic heterocycles. The predicted molar refractivity (Wildman–Crippen MR) is 72.1 cm³/mol. The zero-order chi connectivity index (χ0) is 12.3. The maximum absolute atomic E-state index is 10.2. The molecule has 1 aromatic rings. The fourth-order valence-electron chi connectivity index (χ4n) is 2.83. The Labute approximate surface area is 105 Å². The molecule has 0 heterocycles. The van der Waals surface area contributed by atoms with Gasteiger partial charge in [-0.1, -0.05) is 43.9 Å². The van der Waals surface area contributed by atoms with Crippen molar-refractivity contribution in [2.45, 2.75) is 58.5 Å². The minimum atomic E-state index is -0.269. The first-order valence-electron chi connectivity index (χ1n) is 6.92. The molecule has 1 unspecified atom stereocenters. The summed E-state index contributed by atoms with van der Waals surface area (Å²) < 4.78 is 0. The van der Waals surface area contributed by atoms with Crippen LogP contribution in [0.4, 0.5) is 0 Å². The Bertz CT molecular complexity index is 364. The van der Waals surface area contributed by atoms with Crippen LogP contribution in [0, 0.1) is 19.8 Å². The maximum atomic E-state index is 10.2. The van der Waals surface area contributed by atoms with E-state index in [1.807, 2.05) is 0 Å². The molecule has 1 N–H and O–H groups in total. The van der Waals surface area contributed by atoms with Crippen molar-refractivity contribution in [2.24, 2.45) is 5.92 Å². The minimum Gasteiger partial charge on any atom is -0.388 e. The number of aryl methyl sites for hydroxylation is 2. The van der Waals surface area contributed by atoms with Gasteiger partial charge < -0.3 is 5.11 Å². The second kappa shape index (κ2) is 5.68. The van der Waals surface area contributed by atoms with Crippen molar-refractivity contribution < 1.29 is 5.11 Å². The van der Waals surface area contributed by atoms with E-state index in [-0.39, 0.29) is 6.10 Å². The first-order valence-corrected chi connectivity index (χ1v) is 6.92. The lowest BCUT2D eigenvalue weighted by Gasteiger charge is -2.15. The molecule has 0 saturated heterocycles. The lowest BCUT2D eigenvalue weighted by Crippen LogP contribution is -2.02. The van der Waals surface area contributed by atoms with Gasteiger partial charge in [0.25, 0.3) is 0 Å². The van der Waals surface area contributed by atoms with Gasteiger partial charge in [-0.2, -0.15) is 0 Å². The van der Waals surface area contributed by atoms with Crippen LogP contribution < -0.4 is 0 Å². The first kappa shape index (κ1) is 12.6. The summed E-state index contributed by atoms with van der Waals surface area (Å²) in [6.45, 7) is 4.23. The highest BCUT2D eigenvalue weighted by molar-refractivity contribution is 5.31. The third-order valence-corrected chi connectivity index (χ3v) is 4.24. The smallest absolute Gasteiger partial charge is 0.0790 e. The average Bonchev–Trinajstić information content (AvgIpc) is 2.82. The van der Waals surface area contributed by atoms with E-state index < -0.39 is 0 Å². The predicted octanol–water partition coefficient (Wildman–Crippen LogP) is 4.31. The first-order chi connectivity index (χ1) is 8.16. The van der Waals surface area contributed by atoms with Gasteiger partial charge in [0.15, 0.2) is 0 Å². The van der Waals surface area contributed by atoms with E-state index in [0.29, 0.717) is 0 Å². The van der Waals surface area contributed by atoms with E-state index in [4.69, 9.17) is 0 Å². The van der Waals surface area contributed by atoms with E-state index in [9.17, 15) is 5.11 Å². The molecule has 1 aliphatic rings. The number of rotatable bonds is 4. The van der Waals surface area contributed by atoms with Crippen LogP contribution in [0.25, 0.3) is 0 Å². The SMILES string of the molecule is Cc1ccc(C(O)CCC2CCCC2)cc1C. The molecule has 0 spiro atoms. The van der Waals surface area contributed by atoms with Crippen molar-refractivity contribution in [3.63, 3.8) is 0 Å². The van der Waals surface area contributed by atoms with Gasteiger partial charge >= 0.3 is 0 Å². The third-order valence-electron chi connectivity index (χ3n) is 4.24. The molecule has 0 amide bonds. The summed E-state index contributed by atoms with van der Waals surface area (Å²) in [5.41, 5.74) is 3.67. The molecule has 94 valence electrons. The maximum Gasteiger partial charge on any atom is 0.0790 e. The van der Waals surface area contributed by atoms with Gasteiger partial charge in [-0.25, -0.2) is 0 Å². The minimum absolute atomic E-state index is 0.269. The topological polar surface area (TPSA) is 20.2 Å². The van der Waals surface area contributed by atoms with Crippen molar-refractivity contribution >= 4 is 0 Å². The van der Waals surface area contributed by atoms with Crippen LogP contribution in [0.5, 0.6) is 0 Å². The van der Waals surface area contributed by atoms with E-state index in [1.54, 1.807) is 0 Å².